The van der Waals surface area contributed by atoms with Crippen LogP contribution in [0.3, 0.4) is 0 Å². The zero-order chi connectivity index (χ0) is 36.4. The van der Waals surface area contributed by atoms with E-state index in [1.807, 2.05) is 40.0 Å². The molecule has 0 fully saturated rings. The second kappa shape index (κ2) is 11.8. The first-order valence-corrected chi connectivity index (χ1v) is 17.4. The van der Waals surface area contributed by atoms with Gasteiger partial charge >= 0.3 is 21.1 Å². The van der Waals surface area contributed by atoms with Gasteiger partial charge in [0.2, 0.25) is 0 Å². The number of aromatic nitrogens is 2. The van der Waals surface area contributed by atoms with E-state index in [4.69, 9.17) is 14.7 Å². The quantitative estimate of drug-likeness (QED) is 0.166. The average molecular weight is 841 g/mol. The predicted molar refractivity (Wildman–Crippen MR) is 202 cm³/mol. The third kappa shape index (κ3) is 5.20. The van der Waals surface area contributed by atoms with Gasteiger partial charge in [0, 0.05) is 20.8 Å². The van der Waals surface area contributed by atoms with E-state index in [2.05, 4.69) is 119 Å². The first-order valence-electron chi connectivity index (χ1n) is 18.4. The van der Waals surface area contributed by atoms with Crippen LogP contribution in [-0.2, 0) is 43.1 Å². The number of fused-ring (bicyclic) bond motifs is 6. The van der Waals surface area contributed by atoms with Gasteiger partial charge in [-0.3, -0.25) is 4.99 Å². The Hall–Kier alpha value is -4.01. The fourth-order valence-electron chi connectivity index (χ4n) is 7.47. The molecule has 0 radical (unpaired) electrons. The molecule has 0 amide bonds. The van der Waals surface area contributed by atoms with E-state index in [0.717, 1.165) is 61.0 Å². The van der Waals surface area contributed by atoms with Crippen LogP contribution in [0, 0.1) is 32.9 Å². The summed E-state index contributed by atoms with van der Waals surface area (Å²) in [5.74, 6) is 0.628. The maximum Gasteiger partial charge on any atom is 2.00 e. The molecule has 256 valence electrons. The van der Waals surface area contributed by atoms with Crippen LogP contribution in [0.4, 0.5) is 0 Å². The van der Waals surface area contributed by atoms with Gasteiger partial charge in [0.05, 0.1) is 0 Å². The van der Waals surface area contributed by atoms with Crippen molar-refractivity contribution in [2.24, 2.45) is 4.99 Å². The number of aliphatic imine (C=N–C) groups is 1. The van der Waals surface area contributed by atoms with Crippen molar-refractivity contribution in [3.63, 3.8) is 0 Å². The summed E-state index contributed by atoms with van der Waals surface area (Å²) >= 11 is 0. The van der Waals surface area contributed by atoms with Gasteiger partial charge in [0.25, 0.3) is 0 Å². The molecular formula is C45H45N3OPt. The summed E-state index contributed by atoms with van der Waals surface area (Å²) in [5, 5.41) is 2.25. The molecule has 2 atom stereocenters. The van der Waals surface area contributed by atoms with Crippen molar-refractivity contribution in [2.75, 3.05) is 0 Å². The van der Waals surface area contributed by atoms with Crippen molar-refractivity contribution >= 4 is 27.7 Å². The Kier molecular flexibility index (Phi) is 7.52. The van der Waals surface area contributed by atoms with Crippen molar-refractivity contribution in [1.82, 2.24) is 9.55 Å². The van der Waals surface area contributed by atoms with Crippen LogP contribution < -0.4 is 0 Å². The smallest absolute Gasteiger partial charge is 0.511 e. The molecule has 4 aromatic carbocycles. The van der Waals surface area contributed by atoms with Gasteiger partial charge in [-0.05, 0) is 108 Å². The molecule has 0 bridgehead atoms. The van der Waals surface area contributed by atoms with Gasteiger partial charge in [-0.1, -0.05) is 81.5 Å². The predicted octanol–water partition coefficient (Wildman–Crippen LogP) is 10.8. The molecule has 5 heteroatoms. The second-order valence-electron chi connectivity index (χ2n) is 15.7. The molecule has 8 rings (SSSR count). The summed E-state index contributed by atoms with van der Waals surface area (Å²) in [4.78, 5) is 10.0. The summed E-state index contributed by atoms with van der Waals surface area (Å²) in [5.41, 5.74) is 10.4. The molecular weight excluding hydrogens is 794 g/mol. The zero-order valence-corrected chi connectivity index (χ0v) is 32.8. The van der Waals surface area contributed by atoms with E-state index in [9.17, 15) is 2.74 Å². The van der Waals surface area contributed by atoms with Gasteiger partial charge in [-0.15, -0.1) is 47.5 Å². The fraction of sp³-hybridized carbons (Fsp3) is 0.333. The first kappa shape index (κ1) is 31.9. The standard InChI is InChI=1S/C45H45N3O.Pt/c1-26(2)31-20-32(42-47-45(10)38-15-12-28(4)29(5)37(38)25-44(45,9)49-42)22-34(21-31)48-40-16-11-27(3)19-36(40)35-14-13-30(23-41(35)48)39-24-33(17-18-46-39)43(6,7)8;/h11-21,24,26H,25H2,1-10H3;/q-2;+2/t44-,45+;/m0./s1/i25D2;. The van der Waals surface area contributed by atoms with Crippen LogP contribution in [0.25, 0.3) is 38.8 Å². The number of benzene rings is 4. The minimum Gasteiger partial charge on any atom is -0.511 e. The Morgan fingerprint density at radius 2 is 1.68 bits per heavy atom. The molecule has 0 saturated heterocycles. The normalized spacial score (nSPS) is 21.4. The minimum absolute atomic E-state index is 0. The van der Waals surface area contributed by atoms with E-state index in [-0.39, 0.29) is 32.4 Å². The summed E-state index contributed by atoms with van der Waals surface area (Å²) in [6.45, 7) is 21.1. The monoisotopic (exact) mass is 840 g/mol. The van der Waals surface area contributed by atoms with Gasteiger partial charge in [0.15, 0.2) is 0 Å². The van der Waals surface area contributed by atoms with Crippen molar-refractivity contribution in [2.45, 2.75) is 98.1 Å². The van der Waals surface area contributed by atoms with Gasteiger partial charge in [0.1, 0.15) is 17.0 Å². The van der Waals surface area contributed by atoms with Crippen molar-refractivity contribution in [1.29, 1.82) is 0 Å². The maximum atomic E-state index is 9.46. The third-order valence-electron chi connectivity index (χ3n) is 10.9. The molecule has 2 aliphatic rings. The van der Waals surface area contributed by atoms with E-state index < -0.39 is 17.5 Å². The molecule has 0 unspecified atom stereocenters. The Labute approximate surface area is 314 Å². The summed E-state index contributed by atoms with van der Waals surface area (Å²) in [6, 6.07) is 31.1. The van der Waals surface area contributed by atoms with E-state index >= 15 is 0 Å². The van der Waals surface area contributed by atoms with Crippen LogP contribution in [0.2, 0.25) is 0 Å². The van der Waals surface area contributed by atoms with Crippen molar-refractivity contribution in [3.8, 4) is 16.9 Å². The summed E-state index contributed by atoms with van der Waals surface area (Å²) in [6.07, 6.45) is 0.131. The zero-order valence-electron chi connectivity index (χ0n) is 32.6. The van der Waals surface area contributed by atoms with Crippen LogP contribution in [0.1, 0.15) is 102 Å². The molecule has 2 aromatic heterocycles. The van der Waals surface area contributed by atoms with Gasteiger partial charge < -0.3 is 14.3 Å². The average Bonchev–Trinajstić information content (AvgIpc) is 3.60. The van der Waals surface area contributed by atoms with Gasteiger partial charge in [-0.2, -0.15) is 0 Å². The van der Waals surface area contributed by atoms with Crippen LogP contribution in [0.5, 0.6) is 0 Å². The van der Waals surface area contributed by atoms with Crippen molar-refractivity contribution in [3.05, 3.63) is 130 Å². The number of aryl methyl sites for hydroxylation is 2. The molecule has 0 saturated carbocycles. The Bertz CT molecular complexity index is 2470. The molecule has 6 aromatic rings. The molecule has 50 heavy (non-hydrogen) atoms. The molecule has 3 heterocycles. The molecule has 0 spiro atoms. The van der Waals surface area contributed by atoms with Gasteiger partial charge in [-0.25, -0.2) is 0 Å². The maximum absolute atomic E-state index is 9.46. The summed E-state index contributed by atoms with van der Waals surface area (Å²) < 4.78 is 27.9. The summed E-state index contributed by atoms with van der Waals surface area (Å²) in [7, 11) is 0. The Morgan fingerprint density at radius 3 is 2.42 bits per heavy atom. The minimum atomic E-state index is -1.76. The molecule has 1 aliphatic heterocycles. The van der Waals surface area contributed by atoms with E-state index in [1.165, 1.54) is 11.1 Å². The molecule has 1 aliphatic carbocycles. The van der Waals surface area contributed by atoms with Crippen LogP contribution >= 0.6 is 0 Å². The molecule has 0 N–H and O–H groups in total. The Balaban J connectivity index is 0.00000420. The van der Waals surface area contributed by atoms with E-state index in [0.29, 0.717) is 17.0 Å². The number of nitrogens with zero attached hydrogens (tertiary/aromatic N) is 3. The topological polar surface area (TPSA) is 39.4 Å². The SMILES string of the molecule is [2H]C1([2H])c2c(ccc(C)c2C)[C@@]2(C)N=C(c3[c-]c(-n4c5[c-]c(-c6cc(C(C)(C)C)ccn6)ccc5c5cc(C)ccc54)cc(C(C)C)c3)O[C@@]12C.[Pt+2]. The van der Waals surface area contributed by atoms with E-state index in [1.54, 1.807) is 0 Å². The first-order chi connectivity index (χ1) is 23.9. The van der Waals surface area contributed by atoms with Crippen LogP contribution in [-0.4, -0.2) is 21.0 Å². The number of rotatable bonds is 4. The number of pyridine rings is 1. The third-order valence-corrected chi connectivity index (χ3v) is 10.9. The van der Waals surface area contributed by atoms with Crippen LogP contribution in [0.15, 0.2) is 77.9 Å². The largest absolute Gasteiger partial charge is 2.00 e. The second-order valence-corrected chi connectivity index (χ2v) is 15.7. The fourth-order valence-corrected chi connectivity index (χ4v) is 7.47. The molecule has 4 nitrogen and oxygen atoms in total. The van der Waals surface area contributed by atoms with Crippen molar-refractivity contribution < 1.29 is 28.5 Å². The number of hydrogen-bond donors (Lipinski definition) is 0. The number of hydrogen-bond acceptors (Lipinski definition) is 3. The Morgan fingerprint density at radius 1 is 0.900 bits per heavy atom. The number of ether oxygens (including phenoxy) is 1.